The third kappa shape index (κ3) is 2.64. The molecule has 1 aromatic rings. The molecule has 1 unspecified atom stereocenters. The first-order chi connectivity index (χ1) is 8.42. The van der Waals surface area contributed by atoms with Crippen molar-refractivity contribution in [1.82, 2.24) is 15.0 Å². The van der Waals surface area contributed by atoms with E-state index in [0.717, 1.165) is 19.5 Å². The topological polar surface area (TPSA) is 77.2 Å². The summed E-state index contributed by atoms with van der Waals surface area (Å²) in [6, 6.07) is 0.422. The first-order valence-electron chi connectivity index (χ1n) is 5.88. The minimum atomic E-state index is 0.0184. The second-order valence-electron chi connectivity index (χ2n) is 5.20. The first kappa shape index (κ1) is 13.3. The van der Waals surface area contributed by atoms with E-state index in [1.807, 2.05) is 0 Å². The quantitative estimate of drug-likeness (QED) is 0.868. The molecule has 1 aliphatic rings. The molecule has 1 atom stereocenters. The van der Waals surface area contributed by atoms with Crippen LogP contribution in [0.5, 0.6) is 6.01 Å². The number of rotatable bonds is 2. The van der Waals surface area contributed by atoms with Gasteiger partial charge in [0.1, 0.15) is 0 Å². The van der Waals surface area contributed by atoms with Gasteiger partial charge in [0, 0.05) is 19.1 Å². The number of nitrogens with two attached hydrogens (primary N) is 1. The Morgan fingerprint density at radius 3 is 2.72 bits per heavy atom. The van der Waals surface area contributed by atoms with E-state index in [4.69, 9.17) is 22.1 Å². The fourth-order valence-electron chi connectivity index (χ4n) is 2.10. The van der Waals surface area contributed by atoms with Gasteiger partial charge in [-0.1, -0.05) is 13.8 Å². The van der Waals surface area contributed by atoms with Crippen LogP contribution in [-0.4, -0.2) is 41.2 Å². The molecule has 2 rings (SSSR count). The summed E-state index contributed by atoms with van der Waals surface area (Å²) in [5.41, 5.74) is 6.13. The average molecular weight is 272 g/mol. The minimum Gasteiger partial charge on any atom is -0.467 e. The number of anilines is 1. The molecule has 0 amide bonds. The van der Waals surface area contributed by atoms with Crippen LogP contribution in [0.1, 0.15) is 20.3 Å². The molecular formula is C11H18ClN5O. The zero-order chi connectivity index (χ0) is 13.3. The highest BCUT2D eigenvalue weighted by Gasteiger charge is 2.34. The lowest BCUT2D eigenvalue weighted by molar-refractivity contribution is 0.243. The number of hydrogen-bond donors (Lipinski definition) is 1. The normalized spacial score (nSPS) is 22.9. The smallest absolute Gasteiger partial charge is 0.322 e. The average Bonchev–Trinajstić information content (AvgIpc) is 2.31. The van der Waals surface area contributed by atoms with Crippen LogP contribution in [0.3, 0.4) is 0 Å². The Labute approximate surface area is 112 Å². The Bertz CT molecular complexity index is 439. The van der Waals surface area contributed by atoms with E-state index in [0.29, 0.717) is 5.95 Å². The van der Waals surface area contributed by atoms with Gasteiger partial charge < -0.3 is 15.4 Å². The lowest BCUT2D eigenvalue weighted by Gasteiger charge is -2.42. The van der Waals surface area contributed by atoms with Crippen LogP contribution in [0, 0.1) is 5.41 Å². The van der Waals surface area contributed by atoms with Crippen LogP contribution >= 0.6 is 11.6 Å². The molecule has 1 aliphatic heterocycles. The van der Waals surface area contributed by atoms with Gasteiger partial charge in [-0.05, 0) is 23.4 Å². The van der Waals surface area contributed by atoms with Crippen LogP contribution < -0.4 is 15.4 Å². The van der Waals surface area contributed by atoms with Gasteiger partial charge in [-0.2, -0.15) is 15.0 Å². The van der Waals surface area contributed by atoms with Crippen molar-refractivity contribution >= 4 is 17.5 Å². The highest BCUT2D eigenvalue weighted by molar-refractivity contribution is 6.28. The number of piperidine rings is 1. The molecule has 1 fully saturated rings. The van der Waals surface area contributed by atoms with E-state index in [9.17, 15) is 0 Å². The number of halogens is 1. The van der Waals surface area contributed by atoms with Crippen molar-refractivity contribution in [3.8, 4) is 6.01 Å². The van der Waals surface area contributed by atoms with Crippen molar-refractivity contribution in [3.63, 3.8) is 0 Å². The number of nitrogens with zero attached hydrogens (tertiary/aromatic N) is 4. The zero-order valence-electron chi connectivity index (χ0n) is 10.9. The lowest BCUT2D eigenvalue weighted by atomic mass is 9.80. The molecule has 6 nitrogen and oxygen atoms in total. The Morgan fingerprint density at radius 2 is 2.11 bits per heavy atom. The molecule has 7 heteroatoms. The fraction of sp³-hybridized carbons (Fsp3) is 0.727. The SMILES string of the molecule is COc1nc(Cl)nc(N2CCC(N)C(C)(C)C2)n1. The molecule has 18 heavy (non-hydrogen) atoms. The Morgan fingerprint density at radius 1 is 1.39 bits per heavy atom. The van der Waals surface area contributed by atoms with Crippen molar-refractivity contribution in [2.45, 2.75) is 26.3 Å². The third-order valence-electron chi connectivity index (χ3n) is 3.35. The Balaban J connectivity index is 2.24. The summed E-state index contributed by atoms with van der Waals surface area (Å²) in [7, 11) is 1.51. The lowest BCUT2D eigenvalue weighted by Crippen LogP contribution is -2.53. The second-order valence-corrected chi connectivity index (χ2v) is 5.53. The maximum Gasteiger partial charge on any atom is 0.322 e. The van der Waals surface area contributed by atoms with Gasteiger partial charge in [0.05, 0.1) is 7.11 Å². The molecule has 0 saturated carbocycles. The van der Waals surface area contributed by atoms with Gasteiger partial charge in [-0.3, -0.25) is 0 Å². The molecule has 0 radical (unpaired) electrons. The molecule has 2 N–H and O–H groups in total. The van der Waals surface area contributed by atoms with Crippen LogP contribution in [0.4, 0.5) is 5.95 Å². The van der Waals surface area contributed by atoms with Crippen molar-refractivity contribution < 1.29 is 4.74 Å². The molecule has 1 saturated heterocycles. The summed E-state index contributed by atoms with van der Waals surface area (Å²) in [5, 5.41) is 0.143. The van der Waals surface area contributed by atoms with E-state index in [-0.39, 0.29) is 22.8 Å². The second kappa shape index (κ2) is 4.85. The molecule has 0 spiro atoms. The Hall–Kier alpha value is -1.14. The molecular weight excluding hydrogens is 254 g/mol. The molecule has 0 bridgehead atoms. The van der Waals surface area contributed by atoms with E-state index in [1.165, 1.54) is 7.11 Å². The van der Waals surface area contributed by atoms with Crippen molar-refractivity contribution in [3.05, 3.63) is 5.28 Å². The number of hydrogen-bond acceptors (Lipinski definition) is 6. The summed E-state index contributed by atoms with van der Waals surface area (Å²) in [5.74, 6) is 0.548. The maximum absolute atomic E-state index is 6.11. The monoisotopic (exact) mass is 271 g/mol. The molecule has 1 aromatic heterocycles. The largest absolute Gasteiger partial charge is 0.467 e. The minimum absolute atomic E-state index is 0.0184. The molecule has 0 aliphatic carbocycles. The predicted molar refractivity (Wildman–Crippen MR) is 70.0 cm³/mol. The van der Waals surface area contributed by atoms with Crippen LogP contribution in [0.25, 0.3) is 0 Å². The first-order valence-corrected chi connectivity index (χ1v) is 6.26. The fourth-order valence-corrected chi connectivity index (χ4v) is 2.25. The van der Waals surface area contributed by atoms with E-state index >= 15 is 0 Å². The third-order valence-corrected chi connectivity index (χ3v) is 3.52. The van der Waals surface area contributed by atoms with Gasteiger partial charge in [0.25, 0.3) is 0 Å². The van der Waals surface area contributed by atoms with Crippen molar-refractivity contribution in [1.29, 1.82) is 0 Å². The standard InChI is InChI=1S/C11H18ClN5O/c1-11(2)6-17(5-4-7(11)13)9-14-8(12)15-10(16-9)18-3/h7H,4-6,13H2,1-3H3. The van der Waals surface area contributed by atoms with Gasteiger partial charge in [-0.15, -0.1) is 0 Å². The van der Waals surface area contributed by atoms with Crippen LogP contribution in [0.15, 0.2) is 0 Å². The van der Waals surface area contributed by atoms with Gasteiger partial charge in [0.2, 0.25) is 11.2 Å². The summed E-state index contributed by atoms with van der Waals surface area (Å²) in [6.45, 7) is 5.89. The van der Waals surface area contributed by atoms with Crippen molar-refractivity contribution in [2.75, 3.05) is 25.1 Å². The number of methoxy groups -OCH3 is 1. The highest BCUT2D eigenvalue weighted by atomic mass is 35.5. The number of ether oxygens (including phenoxy) is 1. The van der Waals surface area contributed by atoms with E-state index in [2.05, 4.69) is 33.7 Å². The molecule has 100 valence electrons. The van der Waals surface area contributed by atoms with Crippen molar-refractivity contribution in [2.24, 2.45) is 11.1 Å². The van der Waals surface area contributed by atoms with E-state index in [1.54, 1.807) is 0 Å². The molecule has 2 heterocycles. The van der Waals surface area contributed by atoms with Gasteiger partial charge in [0.15, 0.2) is 0 Å². The summed E-state index contributed by atoms with van der Waals surface area (Å²) in [4.78, 5) is 14.3. The summed E-state index contributed by atoms with van der Waals surface area (Å²) >= 11 is 5.85. The zero-order valence-corrected chi connectivity index (χ0v) is 11.6. The van der Waals surface area contributed by atoms with Crippen LogP contribution in [0.2, 0.25) is 5.28 Å². The number of aromatic nitrogens is 3. The predicted octanol–water partition coefficient (Wildman–Crippen LogP) is 1.10. The Kier molecular flexibility index (Phi) is 3.59. The van der Waals surface area contributed by atoms with Gasteiger partial charge in [-0.25, -0.2) is 0 Å². The van der Waals surface area contributed by atoms with Crippen LogP contribution in [-0.2, 0) is 0 Å². The van der Waals surface area contributed by atoms with Gasteiger partial charge >= 0.3 is 6.01 Å². The molecule has 0 aromatic carbocycles. The summed E-state index contributed by atoms with van der Waals surface area (Å²) < 4.78 is 5.00. The maximum atomic E-state index is 6.11. The van der Waals surface area contributed by atoms with E-state index < -0.39 is 0 Å². The highest BCUT2D eigenvalue weighted by Crippen LogP contribution is 2.30. The summed E-state index contributed by atoms with van der Waals surface area (Å²) in [6.07, 6.45) is 0.901.